The van der Waals surface area contributed by atoms with Crippen molar-refractivity contribution in [1.29, 1.82) is 5.26 Å². The Hall–Kier alpha value is -2.84. The van der Waals surface area contributed by atoms with E-state index in [-0.39, 0.29) is 11.5 Å². The van der Waals surface area contributed by atoms with Crippen molar-refractivity contribution in [3.8, 4) is 6.07 Å². The summed E-state index contributed by atoms with van der Waals surface area (Å²) < 4.78 is 0. The molecule has 0 radical (unpaired) electrons. The molecule has 0 atom stereocenters. The summed E-state index contributed by atoms with van der Waals surface area (Å²) in [4.78, 5) is 14.0. The highest BCUT2D eigenvalue weighted by molar-refractivity contribution is 5.97. The zero-order valence-corrected chi connectivity index (χ0v) is 12.7. The molecule has 116 valence electrons. The molecular weight excluding hydrogens is 288 g/mol. The van der Waals surface area contributed by atoms with Gasteiger partial charge in [0.2, 0.25) is 0 Å². The van der Waals surface area contributed by atoms with Crippen LogP contribution in [0.2, 0.25) is 0 Å². The molecule has 3 rings (SSSR count). The number of nitriles is 1. The maximum Gasteiger partial charge on any atom is 0.266 e. The lowest BCUT2D eigenvalue weighted by atomic mass is 10.1. The standard InChI is InChI=1S/C18H18N4O/c19-12-16(18(23)22-9-7-20-8-10-22)13-21-17-6-5-14-3-1-2-4-15(14)11-17/h1-6,11,13,20-21H,7-10H2/b16-13-. The second kappa shape index (κ2) is 6.95. The van der Waals surface area contributed by atoms with Gasteiger partial charge in [-0.1, -0.05) is 30.3 Å². The fourth-order valence-electron chi connectivity index (χ4n) is 2.61. The van der Waals surface area contributed by atoms with Gasteiger partial charge in [0.1, 0.15) is 11.6 Å². The van der Waals surface area contributed by atoms with Gasteiger partial charge in [0.05, 0.1) is 0 Å². The van der Waals surface area contributed by atoms with Gasteiger partial charge in [0.25, 0.3) is 5.91 Å². The molecule has 1 fully saturated rings. The Kier molecular flexibility index (Phi) is 4.55. The molecule has 1 saturated heterocycles. The molecular formula is C18H18N4O. The lowest BCUT2D eigenvalue weighted by Crippen LogP contribution is -2.46. The fraction of sp³-hybridized carbons (Fsp3) is 0.222. The maximum absolute atomic E-state index is 12.3. The number of carbonyl (C=O) groups excluding carboxylic acids is 1. The van der Waals surface area contributed by atoms with E-state index in [1.54, 1.807) is 4.90 Å². The zero-order chi connectivity index (χ0) is 16.1. The number of hydrogen-bond acceptors (Lipinski definition) is 4. The Morgan fingerprint density at radius 3 is 2.65 bits per heavy atom. The number of nitrogens with zero attached hydrogens (tertiary/aromatic N) is 2. The van der Waals surface area contributed by atoms with Crippen LogP contribution in [0.5, 0.6) is 0 Å². The van der Waals surface area contributed by atoms with Crippen LogP contribution in [0.1, 0.15) is 0 Å². The second-order valence-electron chi connectivity index (χ2n) is 5.42. The van der Waals surface area contributed by atoms with Crippen LogP contribution >= 0.6 is 0 Å². The summed E-state index contributed by atoms with van der Waals surface area (Å²) in [5, 5.41) is 17.8. The van der Waals surface area contributed by atoms with Crippen LogP contribution in [0.15, 0.2) is 54.2 Å². The van der Waals surface area contributed by atoms with E-state index in [0.717, 1.165) is 29.5 Å². The molecule has 23 heavy (non-hydrogen) atoms. The second-order valence-corrected chi connectivity index (χ2v) is 5.42. The zero-order valence-electron chi connectivity index (χ0n) is 12.7. The van der Waals surface area contributed by atoms with Crippen molar-refractivity contribution in [3.05, 3.63) is 54.2 Å². The minimum Gasteiger partial charge on any atom is -0.360 e. The minimum atomic E-state index is -0.220. The van der Waals surface area contributed by atoms with Crippen LogP contribution in [-0.2, 0) is 4.79 Å². The van der Waals surface area contributed by atoms with Crippen LogP contribution in [0.3, 0.4) is 0 Å². The first-order valence-electron chi connectivity index (χ1n) is 7.63. The van der Waals surface area contributed by atoms with Gasteiger partial charge in [0.15, 0.2) is 0 Å². The van der Waals surface area contributed by atoms with Crippen molar-refractivity contribution in [1.82, 2.24) is 10.2 Å². The molecule has 2 aromatic rings. The molecule has 0 saturated carbocycles. The molecule has 1 heterocycles. The summed E-state index contributed by atoms with van der Waals surface area (Å²) >= 11 is 0. The van der Waals surface area contributed by atoms with E-state index in [0.29, 0.717) is 13.1 Å². The van der Waals surface area contributed by atoms with Gasteiger partial charge in [0, 0.05) is 38.1 Å². The molecule has 5 heteroatoms. The third kappa shape index (κ3) is 3.50. The SMILES string of the molecule is N#C/C(=C/Nc1ccc2ccccc2c1)C(=O)N1CCNCC1. The first kappa shape index (κ1) is 15.1. The van der Waals surface area contributed by atoms with Gasteiger partial charge in [-0.25, -0.2) is 0 Å². The first-order chi connectivity index (χ1) is 11.3. The molecule has 0 unspecified atom stereocenters. The van der Waals surface area contributed by atoms with E-state index >= 15 is 0 Å². The maximum atomic E-state index is 12.3. The first-order valence-corrected chi connectivity index (χ1v) is 7.63. The molecule has 1 aliphatic rings. The largest absolute Gasteiger partial charge is 0.360 e. The van der Waals surface area contributed by atoms with Gasteiger partial charge >= 0.3 is 0 Å². The number of rotatable bonds is 3. The highest BCUT2D eigenvalue weighted by Gasteiger charge is 2.19. The molecule has 1 aliphatic heterocycles. The summed E-state index contributed by atoms with van der Waals surface area (Å²) in [5.74, 6) is -0.220. The van der Waals surface area contributed by atoms with E-state index < -0.39 is 0 Å². The quantitative estimate of drug-likeness (QED) is 0.673. The molecule has 2 aromatic carbocycles. The van der Waals surface area contributed by atoms with Gasteiger partial charge in [-0.2, -0.15) is 5.26 Å². The average Bonchev–Trinajstić information content (AvgIpc) is 2.62. The minimum absolute atomic E-state index is 0.125. The van der Waals surface area contributed by atoms with Crippen molar-refractivity contribution in [3.63, 3.8) is 0 Å². The highest BCUT2D eigenvalue weighted by atomic mass is 16.2. The lowest BCUT2D eigenvalue weighted by molar-refractivity contribution is -0.127. The van der Waals surface area contributed by atoms with E-state index in [4.69, 9.17) is 0 Å². The Morgan fingerprint density at radius 2 is 1.91 bits per heavy atom. The Morgan fingerprint density at radius 1 is 1.17 bits per heavy atom. The Balaban J connectivity index is 1.75. The van der Waals surface area contributed by atoms with Crippen molar-refractivity contribution in [2.24, 2.45) is 0 Å². The van der Waals surface area contributed by atoms with E-state index in [1.807, 2.05) is 48.5 Å². The third-order valence-electron chi connectivity index (χ3n) is 3.89. The van der Waals surface area contributed by atoms with E-state index in [2.05, 4.69) is 10.6 Å². The van der Waals surface area contributed by atoms with Crippen molar-refractivity contribution in [2.75, 3.05) is 31.5 Å². The summed E-state index contributed by atoms with van der Waals surface area (Å²) in [5.41, 5.74) is 0.976. The van der Waals surface area contributed by atoms with Crippen LogP contribution in [-0.4, -0.2) is 37.0 Å². The number of carbonyl (C=O) groups is 1. The number of amides is 1. The highest BCUT2D eigenvalue weighted by Crippen LogP contribution is 2.19. The molecule has 0 aliphatic carbocycles. The number of fused-ring (bicyclic) bond motifs is 1. The number of anilines is 1. The van der Waals surface area contributed by atoms with Crippen LogP contribution in [0.4, 0.5) is 5.69 Å². The monoisotopic (exact) mass is 306 g/mol. The number of piperazine rings is 1. The fourth-order valence-corrected chi connectivity index (χ4v) is 2.61. The summed E-state index contributed by atoms with van der Waals surface area (Å²) in [6, 6.07) is 16.0. The smallest absolute Gasteiger partial charge is 0.266 e. The van der Waals surface area contributed by atoms with Crippen LogP contribution in [0, 0.1) is 11.3 Å². The van der Waals surface area contributed by atoms with Crippen LogP contribution < -0.4 is 10.6 Å². The molecule has 1 amide bonds. The molecule has 2 N–H and O–H groups in total. The molecule has 0 bridgehead atoms. The molecule has 5 nitrogen and oxygen atoms in total. The number of nitrogens with one attached hydrogen (secondary N) is 2. The normalized spacial score (nSPS) is 15.3. The third-order valence-corrected chi connectivity index (χ3v) is 3.89. The van der Waals surface area contributed by atoms with Gasteiger partial charge in [-0.05, 0) is 22.9 Å². The average molecular weight is 306 g/mol. The number of benzene rings is 2. The van der Waals surface area contributed by atoms with E-state index in [1.165, 1.54) is 6.20 Å². The predicted molar refractivity (Wildman–Crippen MR) is 90.7 cm³/mol. The van der Waals surface area contributed by atoms with Crippen molar-refractivity contribution in [2.45, 2.75) is 0 Å². The summed E-state index contributed by atoms with van der Waals surface area (Å²) in [7, 11) is 0. The summed E-state index contributed by atoms with van der Waals surface area (Å²) in [6.45, 7) is 2.80. The van der Waals surface area contributed by atoms with Gasteiger partial charge in [-0.3, -0.25) is 4.79 Å². The predicted octanol–water partition coefficient (Wildman–Crippen LogP) is 2.09. The number of hydrogen-bond donors (Lipinski definition) is 2. The Bertz CT molecular complexity index is 785. The van der Waals surface area contributed by atoms with Crippen LogP contribution in [0.25, 0.3) is 10.8 Å². The van der Waals surface area contributed by atoms with E-state index in [9.17, 15) is 10.1 Å². The molecule has 0 aromatic heterocycles. The molecule has 0 spiro atoms. The van der Waals surface area contributed by atoms with Gasteiger partial charge in [-0.15, -0.1) is 0 Å². The van der Waals surface area contributed by atoms with Gasteiger partial charge < -0.3 is 15.5 Å². The summed E-state index contributed by atoms with van der Waals surface area (Å²) in [6.07, 6.45) is 1.49. The lowest BCUT2D eigenvalue weighted by Gasteiger charge is -2.27. The van der Waals surface area contributed by atoms with Crippen molar-refractivity contribution >= 4 is 22.4 Å². The Labute approximate surface area is 135 Å². The van der Waals surface area contributed by atoms with Crippen molar-refractivity contribution < 1.29 is 4.79 Å². The topological polar surface area (TPSA) is 68.2 Å².